The predicted molar refractivity (Wildman–Crippen MR) is 168 cm³/mol. The lowest BCUT2D eigenvalue weighted by Crippen LogP contribution is -2.58. The molecule has 6 atom stereocenters. The van der Waals surface area contributed by atoms with E-state index in [1.54, 1.807) is 13.0 Å². The van der Waals surface area contributed by atoms with Crippen molar-refractivity contribution >= 4 is 27.5 Å². The molecule has 5 aliphatic heterocycles. The second kappa shape index (κ2) is 10.00. The minimum atomic E-state index is -0.878. The highest BCUT2D eigenvalue weighted by atomic mass is 19.1. The van der Waals surface area contributed by atoms with Crippen molar-refractivity contribution in [2.45, 2.75) is 88.1 Å². The fraction of sp³-hybridized carbons (Fsp3) is 0.514. The van der Waals surface area contributed by atoms with Crippen LogP contribution in [-0.2, 0) is 0 Å². The van der Waals surface area contributed by atoms with Gasteiger partial charge in [0.1, 0.15) is 35.6 Å². The van der Waals surface area contributed by atoms with E-state index in [0.29, 0.717) is 52.8 Å². The number of rotatable bonds is 4. The quantitative estimate of drug-likeness (QED) is 0.294. The maximum absolute atomic E-state index is 17.1. The first-order valence-electron chi connectivity index (χ1n) is 16.4. The van der Waals surface area contributed by atoms with Crippen molar-refractivity contribution in [1.82, 2.24) is 25.2 Å². The molecule has 4 aromatic rings. The lowest BCUT2D eigenvalue weighted by atomic mass is 9.91. The van der Waals surface area contributed by atoms with Crippen molar-refractivity contribution in [1.29, 1.82) is 0 Å². The summed E-state index contributed by atoms with van der Waals surface area (Å²) in [6.45, 7) is 6.19. The van der Waals surface area contributed by atoms with E-state index < -0.39 is 12.0 Å². The number of hydrogen-bond acceptors (Lipinski definition) is 7. The van der Waals surface area contributed by atoms with E-state index in [4.69, 9.17) is 19.7 Å². The van der Waals surface area contributed by atoms with Crippen LogP contribution in [0, 0.1) is 18.6 Å². The molecule has 0 saturated carbocycles. The summed E-state index contributed by atoms with van der Waals surface area (Å²) in [7, 11) is 0. The molecule has 4 saturated heterocycles. The minimum Gasteiger partial charge on any atom is -0.461 e. The third kappa shape index (κ3) is 4.13. The Morgan fingerprint density at radius 1 is 1.07 bits per heavy atom. The smallest absolute Gasteiger partial charge is 0.319 e. The van der Waals surface area contributed by atoms with Gasteiger partial charge in [-0.15, -0.1) is 0 Å². The molecule has 4 fully saturated rings. The summed E-state index contributed by atoms with van der Waals surface area (Å²) in [4.78, 5) is 19.4. The van der Waals surface area contributed by atoms with E-state index in [0.717, 1.165) is 56.3 Å². The largest absolute Gasteiger partial charge is 0.461 e. The zero-order valence-corrected chi connectivity index (χ0v) is 25.6. The lowest BCUT2D eigenvalue weighted by molar-refractivity contribution is 0.107. The van der Waals surface area contributed by atoms with Gasteiger partial charge in [-0.1, -0.05) is 31.2 Å². The number of pyridine rings is 1. The van der Waals surface area contributed by atoms with Crippen molar-refractivity contribution in [3.8, 4) is 17.3 Å². The molecule has 7 nitrogen and oxygen atoms in total. The third-order valence-corrected chi connectivity index (χ3v) is 11.4. The van der Waals surface area contributed by atoms with Gasteiger partial charge in [0.05, 0.1) is 16.6 Å². The maximum Gasteiger partial charge on any atom is 0.319 e. The first kappa shape index (κ1) is 27.8. The average molecular weight is 615 g/mol. The fourth-order valence-corrected chi connectivity index (χ4v) is 9.25. The van der Waals surface area contributed by atoms with Gasteiger partial charge < -0.3 is 15.0 Å². The molecule has 0 aliphatic carbocycles. The van der Waals surface area contributed by atoms with Gasteiger partial charge in [-0.3, -0.25) is 4.90 Å². The Hall–Kier alpha value is -3.50. The number of aromatic nitrogens is 3. The number of benzene rings is 2. The monoisotopic (exact) mass is 614 g/mol. The standard InChI is InChI=1S/C35H37F3N6O/c1-18-13-26-25-10-8-22(39-25)16-44(26)33-28-30(18)40-31(23-6-3-5-20-7-9-24(37)19(2)27(20)23)29(38)32(28)41-34(42-33)45-17-35-11-4-12-43(35)15-21(36)14-35/h3,5-7,9,18,21-22,25-26,39H,4,8,10-17H2,1-2H3/t18-,21-,22-,25+,26-,35+/m1/s1. The first-order chi connectivity index (χ1) is 21.8. The number of fused-ring (bicyclic) bond motifs is 7. The molecule has 0 unspecified atom stereocenters. The van der Waals surface area contributed by atoms with Crippen molar-refractivity contribution in [3.63, 3.8) is 0 Å². The molecule has 2 aromatic carbocycles. The Labute approximate surface area is 260 Å². The summed E-state index contributed by atoms with van der Waals surface area (Å²) in [5.41, 5.74) is 1.71. The molecule has 5 aliphatic rings. The molecule has 1 N–H and O–H groups in total. The van der Waals surface area contributed by atoms with Crippen LogP contribution in [0.3, 0.4) is 0 Å². The summed E-state index contributed by atoms with van der Waals surface area (Å²) < 4.78 is 52.9. The van der Waals surface area contributed by atoms with E-state index in [1.807, 2.05) is 18.2 Å². The number of halogens is 3. The van der Waals surface area contributed by atoms with Crippen LogP contribution < -0.4 is 15.0 Å². The molecule has 9 rings (SSSR count). The van der Waals surface area contributed by atoms with Gasteiger partial charge in [0.25, 0.3) is 0 Å². The highest BCUT2D eigenvalue weighted by molar-refractivity contribution is 6.01. The van der Waals surface area contributed by atoms with Gasteiger partial charge in [-0.25, -0.2) is 18.2 Å². The van der Waals surface area contributed by atoms with Gasteiger partial charge in [0, 0.05) is 49.1 Å². The van der Waals surface area contributed by atoms with Crippen LogP contribution in [-0.4, -0.2) is 75.9 Å². The molecule has 0 spiro atoms. The molecule has 7 heterocycles. The van der Waals surface area contributed by atoms with Crippen LogP contribution >= 0.6 is 0 Å². The molecule has 45 heavy (non-hydrogen) atoms. The Morgan fingerprint density at radius 3 is 2.84 bits per heavy atom. The Balaban J connectivity index is 1.25. The highest BCUT2D eigenvalue weighted by Gasteiger charge is 2.50. The molecular weight excluding hydrogens is 577 g/mol. The van der Waals surface area contributed by atoms with Crippen LogP contribution in [0.2, 0.25) is 0 Å². The van der Waals surface area contributed by atoms with Crippen molar-refractivity contribution in [2.24, 2.45) is 0 Å². The van der Waals surface area contributed by atoms with Crippen LogP contribution in [0.15, 0.2) is 30.3 Å². The average Bonchev–Trinajstić information content (AvgIpc) is 3.68. The van der Waals surface area contributed by atoms with Crippen molar-refractivity contribution in [2.75, 3.05) is 31.1 Å². The van der Waals surface area contributed by atoms with Crippen LogP contribution in [0.1, 0.15) is 62.6 Å². The summed E-state index contributed by atoms with van der Waals surface area (Å²) in [5, 5.41) is 5.89. The SMILES string of the molecule is Cc1c(F)ccc2cccc(-c3nc4c5c(nc(OC[C@@]67CCCN6C[C@H](F)C7)nc5c3F)N3C[C@H]5CC[C@H](N5)[C@H]3C[C@H]4C)c12. The highest BCUT2D eigenvalue weighted by Crippen LogP contribution is 2.46. The maximum atomic E-state index is 17.1. The first-order valence-corrected chi connectivity index (χ1v) is 16.4. The van der Waals surface area contributed by atoms with Gasteiger partial charge in [0.15, 0.2) is 5.82 Å². The second-order valence-electron chi connectivity index (χ2n) is 14.1. The number of ether oxygens (including phenoxy) is 1. The molecule has 234 valence electrons. The lowest BCUT2D eigenvalue weighted by Gasteiger charge is -2.41. The molecule has 10 heteroatoms. The van der Waals surface area contributed by atoms with Gasteiger partial charge in [-0.05, 0) is 68.0 Å². The number of alkyl halides is 1. The van der Waals surface area contributed by atoms with Crippen molar-refractivity contribution < 1.29 is 17.9 Å². The number of aryl methyl sites for hydroxylation is 1. The van der Waals surface area contributed by atoms with Gasteiger partial charge in [0.2, 0.25) is 0 Å². The summed E-state index contributed by atoms with van der Waals surface area (Å²) in [5.74, 6) is -0.224. The third-order valence-electron chi connectivity index (χ3n) is 11.4. The van der Waals surface area contributed by atoms with E-state index in [-0.39, 0.29) is 47.1 Å². The topological polar surface area (TPSA) is 66.4 Å². The van der Waals surface area contributed by atoms with Gasteiger partial charge in [-0.2, -0.15) is 9.97 Å². The Bertz CT molecular complexity index is 1870. The van der Waals surface area contributed by atoms with E-state index >= 15 is 4.39 Å². The number of piperazine rings is 1. The van der Waals surface area contributed by atoms with E-state index in [1.165, 1.54) is 6.07 Å². The second-order valence-corrected chi connectivity index (χ2v) is 14.1. The number of hydrogen-bond donors (Lipinski definition) is 1. The summed E-state index contributed by atoms with van der Waals surface area (Å²) >= 11 is 0. The molecule has 0 amide bonds. The molecule has 2 bridgehead atoms. The fourth-order valence-electron chi connectivity index (χ4n) is 9.25. The van der Waals surface area contributed by atoms with Crippen LogP contribution in [0.25, 0.3) is 32.9 Å². The normalized spacial score (nSPS) is 30.6. The Kier molecular flexibility index (Phi) is 6.17. The van der Waals surface area contributed by atoms with Crippen LogP contribution in [0.5, 0.6) is 6.01 Å². The molecule has 2 aromatic heterocycles. The molecular formula is C35H37F3N6O. The predicted octanol–water partition coefficient (Wildman–Crippen LogP) is 6.20. The Morgan fingerprint density at radius 2 is 1.96 bits per heavy atom. The molecule has 0 radical (unpaired) electrons. The number of nitrogens with one attached hydrogen (secondary N) is 1. The van der Waals surface area contributed by atoms with Gasteiger partial charge >= 0.3 is 6.01 Å². The van der Waals surface area contributed by atoms with Crippen LogP contribution in [0.4, 0.5) is 19.0 Å². The van der Waals surface area contributed by atoms with E-state index in [2.05, 4.69) is 22.0 Å². The number of nitrogens with zero attached hydrogens (tertiary/aromatic N) is 5. The zero-order chi connectivity index (χ0) is 30.6. The summed E-state index contributed by atoms with van der Waals surface area (Å²) in [6, 6.07) is 9.69. The van der Waals surface area contributed by atoms with Crippen molar-refractivity contribution in [3.05, 3.63) is 53.2 Å². The van der Waals surface area contributed by atoms with E-state index in [9.17, 15) is 8.78 Å². The zero-order valence-electron chi connectivity index (χ0n) is 25.6. The number of anilines is 1. The minimum absolute atomic E-state index is 0.00800. The summed E-state index contributed by atoms with van der Waals surface area (Å²) in [6.07, 6.45) is 4.43.